The lowest BCUT2D eigenvalue weighted by molar-refractivity contribution is 0.0367. The van der Waals surface area contributed by atoms with Crippen molar-refractivity contribution in [3.05, 3.63) is 53.3 Å². The van der Waals surface area contributed by atoms with E-state index in [-0.39, 0.29) is 5.91 Å². The van der Waals surface area contributed by atoms with Gasteiger partial charge in [-0.3, -0.25) is 9.48 Å². The minimum atomic E-state index is 0.127. The van der Waals surface area contributed by atoms with E-state index in [2.05, 4.69) is 17.2 Å². The molecule has 2 heterocycles. The van der Waals surface area contributed by atoms with Crippen LogP contribution in [0, 0.1) is 18.8 Å². The highest BCUT2D eigenvalue weighted by Gasteiger charge is 2.43. The molecule has 0 N–H and O–H groups in total. The first-order valence-electron chi connectivity index (χ1n) is 9.05. The van der Waals surface area contributed by atoms with E-state index in [9.17, 15) is 4.79 Å². The molecular weight excluding hydrogens is 314 g/mol. The lowest BCUT2D eigenvalue weighted by Crippen LogP contribution is -2.30. The fourth-order valence-corrected chi connectivity index (χ4v) is 4.31. The number of likely N-dealkylation sites (tertiary alicyclic amines) is 1. The number of carbonyl (C=O) groups is 1. The SMILES string of the molecule is Cc1nn(C)cc1C(=O)N1C[C@H]2CC(OCc3ccccc3)C[C@H]2C1. The zero-order valence-electron chi connectivity index (χ0n) is 14.9. The van der Waals surface area contributed by atoms with Crippen LogP contribution in [0.4, 0.5) is 0 Å². The summed E-state index contributed by atoms with van der Waals surface area (Å²) in [6.07, 6.45) is 4.28. The van der Waals surface area contributed by atoms with E-state index in [1.807, 2.05) is 43.3 Å². The minimum absolute atomic E-state index is 0.127. The summed E-state index contributed by atoms with van der Waals surface area (Å²) in [7, 11) is 1.86. The summed E-state index contributed by atoms with van der Waals surface area (Å²) in [5.74, 6) is 1.27. The summed E-state index contributed by atoms with van der Waals surface area (Å²) in [5, 5.41) is 4.29. The van der Waals surface area contributed by atoms with E-state index in [1.165, 1.54) is 5.56 Å². The molecule has 25 heavy (non-hydrogen) atoms. The summed E-state index contributed by atoms with van der Waals surface area (Å²) in [6, 6.07) is 10.3. The van der Waals surface area contributed by atoms with Crippen LogP contribution < -0.4 is 0 Å². The van der Waals surface area contributed by atoms with E-state index >= 15 is 0 Å². The third-order valence-electron chi connectivity index (χ3n) is 5.57. The van der Waals surface area contributed by atoms with Gasteiger partial charge in [0, 0.05) is 26.3 Å². The average molecular weight is 339 g/mol. The van der Waals surface area contributed by atoms with Gasteiger partial charge in [0.1, 0.15) is 0 Å². The molecule has 0 spiro atoms. The second kappa shape index (κ2) is 6.64. The molecule has 1 unspecified atom stereocenters. The van der Waals surface area contributed by atoms with Gasteiger partial charge in [-0.1, -0.05) is 30.3 Å². The normalized spacial score (nSPS) is 25.4. The Bertz CT molecular complexity index is 742. The molecule has 1 aliphatic carbocycles. The Labute approximate surface area is 148 Å². The number of carbonyl (C=O) groups excluding carboxylic acids is 1. The molecule has 1 saturated carbocycles. The quantitative estimate of drug-likeness (QED) is 0.860. The van der Waals surface area contributed by atoms with Crippen molar-refractivity contribution in [2.45, 2.75) is 32.5 Å². The number of rotatable bonds is 4. The first kappa shape index (κ1) is 16.3. The van der Waals surface area contributed by atoms with Crippen LogP contribution in [-0.2, 0) is 18.4 Å². The lowest BCUT2D eigenvalue weighted by atomic mass is 10.0. The third-order valence-corrected chi connectivity index (χ3v) is 5.57. The average Bonchev–Trinajstić information content (AvgIpc) is 3.26. The number of aromatic nitrogens is 2. The van der Waals surface area contributed by atoms with Crippen molar-refractivity contribution in [2.75, 3.05) is 13.1 Å². The second-order valence-electron chi connectivity index (χ2n) is 7.42. The number of fused-ring (bicyclic) bond motifs is 1. The smallest absolute Gasteiger partial charge is 0.257 e. The highest BCUT2D eigenvalue weighted by molar-refractivity contribution is 5.95. The number of aryl methyl sites for hydroxylation is 2. The second-order valence-corrected chi connectivity index (χ2v) is 7.42. The highest BCUT2D eigenvalue weighted by atomic mass is 16.5. The van der Waals surface area contributed by atoms with Gasteiger partial charge in [-0.2, -0.15) is 5.10 Å². The third kappa shape index (κ3) is 3.33. The van der Waals surface area contributed by atoms with Gasteiger partial charge in [0.15, 0.2) is 0 Å². The first-order chi connectivity index (χ1) is 12.1. The number of benzene rings is 1. The van der Waals surface area contributed by atoms with Gasteiger partial charge < -0.3 is 9.64 Å². The molecule has 1 aromatic carbocycles. The van der Waals surface area contributed by atoms with E-state index in [0.29, 0.717) is 24.5 Å². The number of ether oxygens (including phenoxy) is 1. The topological polar surface area (TPSA) is 47.4 Å². The van der Waals surface area contributed by atoms with E-state index in [1.54, 1.807) is 4.68 Å². The molecule has 132 valence electrons. The van der Waals surface area contributed by atoms with Gasteiger partial charge in [0.2, 0.25) is 0 Å². The Morgan fingerprint density at radius 2 is 1.88 bits per heavy atom. The first-order valence-corrected chi connectivity index (χ1v) is 9.05. The Morgan fingerprint density at radius 3 is 2.48 bits per heavy atom. The molecular formula is C20H25N3O2. The Morgan fingerprint density at radius 1 is 1.20 bits per heavy atom. The van der Waals surface area contributed by atoms with Crippen molar-refractivity contribution in [1.82, 2.24) is 14.7 Å². The van der Waals surface area contributed by atoms with Crippen LogP contribution in [0.2, 0.25) is 0 Å². The molecule has 1 aliphatic heterocycles. The predicted octanol–water partition coefficient (Wildman–Crippen LogP) is 2.80. The molecule has 0 radical (unpaired) electrons. The molecule has 3 atom stereocenters. The molecule has 1 amide bonds. The Balaban J connectivity index is 1.31. The molecule has 5 heteroatoms. The summed E-state index contributed by atoms with van der Waals surface area (Å²) < 4.78 is 7.83. The highest BCUT2D eigenvalue weighted by Crippen LogP contribution is 2.40. The van der Waals surface area contributed by atoms with Crippen LogP contribution in [0.1, 0.15) is 34.5 Å². The molecule has 4 rings (SSSR count). The summed E-state index contributed by atoms with van der Waals surface area (Å²) >= 11 is 0. The van der Waals surface area contributed by atoms with Crippen molar-refractivity contribution in [2.24, 2.45) is 18.9 Å². The monoisotopic (exact) mass is 339 g/mol. The maximum atomic E-state index is 12.7. The fourth-order valence-electron chi connectivity index (χ4n) is 4.31. The fraction of sp³-hybridized carbons (Fsp3) is 0.500. The summed E-state index contributed by atoms with van der Waals surface area (Å²) in [6.45, 7) is 4.28. The van der Waals surface area contributed by atoms with Crippen LogP contribution in [0.3, 0.4) is 0 Å². The van der Waals surface area contributed by atoms with Gasteiger partial charge in [-0.15, -0.1) is 0 Å². The zero-order valence-corrected chi connectivity index (χ0v) is 14.9. The van der Waals surface area contributed by atoms with E-state index in [0.717, 1.165) is 37.2 Å². The zero-order chi connectivity index (χ0) is 17.4. The number of hydrogen-bond acceptors (Lipinski definition) is 3. The molecule has 1 aromatic heterocycles. The maximum absolute atomic E-state index is 12.7. The van der Waals surface area contributed by atoms with Crippen molar-refractivity contribution < 1.29 is 9.53 Å². The molecule has 2 aliphatic rings. The molecule has 0 bridgehead atoms. The predicted molar refractivity (Wildman–Crippen MR) is 95.1 cm³/mol. The van der Waals surface area contributed by atoms with Crippen molar-refractivity contribution in [3.8, 4) is 0 Å². The van der Waals surface area contributed by atoms with E-state index in [4.69, 9.17) is 4.74 Å². The number of amides is 1. The maximum Gasteiger partial charge on any atom is 0.257 e. The molecule has 2 aromatic rings. The summed E-state index contributed by atoms with van der Waals surface area (Å²) in [5.41, 5.74) is 2.77. The largest absolute Gasteiger partial charge is 0.374 e. The standard InChI is InChI=1S/C20H25N3O2/c1-14-19(12-22(2)21-14)20(24)23-10-16-8-18(9-17(16)11-23)25-13-15-6-4-3-5-7-15/h3-7,12,16-18H,8-11,13H2,1-2H3/t16-,17+,18?. The Hall–Kier alpha value is -2.14. The van der Waals surface area contributed by atoms with Gasteiger partial charge in [-0.05, 0) is 37.2 Å². The van der Waals surface area contributed by atoms with Crippen LogP contribution in [0.15, 0.2) is 36.5 Å². The van der Waals surface area contributed by atoms with Gasteiger partial charge in [0.25, 0.3) is 5.91 Å². The molecule has 2 fully saturated rings. The number of nitrogens with zero attached hydrogens (tertiary/aromatic N) is 3. The van der Waals surface area contributed by atoms with Crippen molar-refractivity contribution in [3.63, 3.8) is 0 Å². The summed E-state index contributed by atoms with van der Waals surface area (Å²) in [4.78, 5) is 14.8. The van der Waals surface area contributed by atoms with Gasteiger partial charge >= 0.3 is 0 Å². The van der Waals surface area contributed by atoms with E-state index < -0.39 is 0 Å². The van der Waals surface area contributed by atoms with Crippen molar-refractivity contribution >= 4 is 5.91 Å². The Kier molecular flexibility index (Phi) is 4.34. The van der Waals surface area contributed by atoms with Crippen LogP contribution in [-0.4, -0.2) is 39.8 Å². The van der Waals surface area contributed by atoms with Gasteiger partial charge in [-0.25, -0.2) is 0 Å². The van der Waals surface area contributed by atoms with Crippen LogP contribution >= 0.6 is 0 Å². The molecule has 5 nitrogen and oxygen atoms in total. The molecule has 1 saturated heterocycles. The lowest BCUT2D eigenvalue weighted by Gasteiger charge is -2.19. The van der Waals surface area contributed by atoms with Crippen LogP contribution in [0.25, 0.3) is 0 Å². The van der Waals surface area contributed by atoms with Crippen molar-refractivity contribution in [1.29, 1.82) is 0 Å². The minimum Gasteiger partial charge on any atom is -0.374 e. The number of hydrogen-bond donors (Lipinski definition) is 0. The van der Waals surface area contributed by atoms with Gasteiger partial charge in [0.05, 0.1) is 24.0 Å². The van der Waals surface area contributed by atoms with Crippen LogP contribution in [0.5, 0.6) is 0 Å².